The summed E-state index contributed by atoms with van der Waals surface area (Å²) in [6, 6.07) is 8.72. The first-order valence-electron chi connectivity index (χ1n) is 8.48. The molecule has 3 amide bonds. The second-order valence-corrected chi connectivity index (χ2v) is 6.41. The predicted molar refractivity (Wildman–Crippen MR) is 101 cm³/mol. The van der Waals surface area contributed by atoms with Crippen molar-refractivity contribution in [3.63, 3.8) is 0 Å². The van der Waals surface area contributed by atoms with Crippen molar-refractivity contribution in [2.45, 2.75) is 32.6 Å². The summed E-state index contributed by atoms with van der Waals surface area (Å²) in [5, 5.41) is 7.70. The highest BCUT2D eigenvalue weighted by atomic mass is 19.4. The van der Waals surface area contributed by atoms with Crippen LogP contribution in [0, 0.1) is 0 Å². The Kier molecular flexibility index (Phi) is 6.63. The lowest BCUT2D eigenvalue weighted by molar-refractivity contribution is -0.137. The molecule has 0 saturated heterocycles. The molecule has 0 spiro atoms. The Morgan fingerprint density at radius 2 is 1.64 bits per heavy atom. The number of amides is 3. The number of hydrogen-bond donors (Lipinski definition) is 4. The van der Waals surface area contributed by atoms with Crippen LogP contribution in [-0.4, -0.2) is 18.0 Å². The van der Waals surface area contributed by atoms with E-state index < -0.39 is 17.6 Å². The van der Waals surface area contributed by atoms with E-state index in [1.165, 1.54) is 30.3 Å². The van der Waals surface area contributed by atoms with Crippen LogP contribution in [0.3, 0.4) is 0 Å². The average Bonchev–Trinajstić information content (AvgIpc) is 2.60. The molecule has 0 aromatic heterocycles. The molecule has 0 bridgehead atoms. The molecule has 28 heavy (non-hydrogen) atoms. The number of hydrogen-bond acceptors (Lipinski definition) is 3. The molecule has 2 aromatic carbocycles. The lowest BCUT2D eigenvalue weighted by Gasteiger charge is -2.13. The van der Waals surface area contributed by atoms with Crippen LogP contribution in [0.15, 0.2) is 42.5 Å². The maximum atomic E-state index is 13.0. The average molecular weight is 394 g/mol. The van der Waals surface area contributed by atoms with Crippen LogP contribution >= 0.6 is 0 Å². The third kappa shape index (κ3) is 5.98. The summed E-state index contributed by atoms with van der Waals surface area (Å²) in [5.74, 6) is -0.583. The van der Waals surface area contributed by atoms with E-state index in [2.05, 4.69) is 16.0 Å². The molecule has 2 aromatic rings. The van der Waals surface area contributed by atoms with Crippen LogP contribution in [0.1, 0.15) is 35.3 Å². The van der Waals surface area contributed by atoms with E-state index in [-0.39, 0.29) is 35.4 Å². The van der Waals surface area contributed by atoms with Crippen LogP contribution in [0.25, 0.3) is 0 Å². The van der Waals surface area contributed by atoms with Gasteiger partial charge < -0.3 is 21.7 Å². The Morgan fingerprint density at radius 1 is 1.00 bits per heavy atom. The smallest absolute Gasteiger partial charge is 0.336 e. The summed E-state index contributed by atoms with van der Waals surface area (Å²) >= 11 is 0. The molecule has 0 aliphatic rings. The molecular weight excluding hydrogens is 373 g/mol. The van der Waals surface area contributed by atoms with Gasteiger partial charge in [-0.15, -0.1) is 0 Å². The molecule has 5 N–H and O–H groups in total. The van der Waals surface area contributed by atoms with Gasteiger partial charge in [0.05, 0.1) is 5.56 Å². The fourth-order valence-electron chi connectivity index (χ4n) is 2.38. The quantitative estimate of drug-likeness (QED) is 0.618. The van der Waals surface area contributed by atoms with Crippen LogP contribution in [0.2, 0.25) is 0 Å². The summed E-state index contributed by atoms with van der Waals surface area (Å²) in [7, 11) is 0. The monoisotopic (exact) mass is 394 g/mol. The van der Waals surface area contributed by atoms with Gasteiger partial charge in [0.1, 0.15) is 0 Å². The Bertz CT molecular complexity index is 849. The van der Waals surface area contributed by atoms with E-state index in [1.54, 1.807) is 0 Å². The van der Waals surface area contributed by atoms with Crippen molar-refractivity contribution in [1.29, 1.82) is 0 Å². The van der Waals surface area contributed by atoms with Gasteiger partial charge in [-0.3, -0.25) is 4.79 Å². The van der Waals surface area contributed by atoms with E-state index in [1.807, 2.05) is 13.8 Å². The number of nitrogens with one attached hydrogen (secondary N) is 3. The SMILES string of the molecule is CC(C)NC(=O)Nc1ccc(C(=O)Nc2cc(CN)cc(C(F)(F)F)c2)cc1. The zero-order valence-electron chi connectivity index (χ0n) is 15.4. The van der Waals surface area contributed by atoms with Gasteiger partial charge in [-0.2, -0.15) is 13.2 Å². The number of halogens is 3. The van der Waals surface area contributed by atoms with Crippen molar-refractivity contribution in [1.82, 2.24) is 5.32 Å². The molecule has 0 unspecified atom stereocenters. The number of benzene rings is 2. The Labute approximate surface area is 160 Å². The maximum Gasteiger partial charge on any atom is 0.416 e. The molecule has 0 saturated carbocycles. The second kappa shape index (κ2) is 8.75. The number of anilines is 2. The fourth-order valence-corrected chi connectivity index (χ4v) is 2.38. The number of nitrogens with two attached hydrogens (primary N) is 1. The first kappa shape index (κ1) is 21.2. The van der Waals surface area contributed by atoms with Gasteiger partial charge >= 0.3 is 12.2 Å². The highest BCUT2D eigenvalue weighted by Gasteiger charge is 2.31. The van der Waals surface area contributed by atoms with E-state index in [9.17, 15) is 22.8 Å². The molecule has 0 radical (unpaired) electrons. The molecule has 0 heterocycles. The minimum absolute atomic E-state index is 0.00112. The highest BCUT2D eigenvalue weighted by molar-refractivity contribution is 6.04. The van der Waals surface area contributed by atoms with Gasteiger partial charge in [-0.1, -0.05) is 0 Å². The summed E-state index contributed by atoms with van der Waals surface area (Å²) < 4.78 is 38.9. The zero-order valence-corrected chi connectivity index (χ0v) is 15.4. The molecule has 0 aliphatic carbocycles. The van der Waals surface area contributed by atoms with Gasteiger partial charge in [0, 0.05) is 29.5 Å². The normalized spacial score (nSPS) is 11.2. The van der Waals surface area contributed by atoms with Crippen molar-refractivity contribution >= 4 is 23.3 Å². The second-order valence-electron chi connectivity index (χ2n) is 6.41. The van der Waals surface area contributed by atoms with Crippen molar-refractivity contribution in [3.8, 4) is 0 Å². The van der Waals surface area contributed by atoms with Gasteiger partial charge in [-0.05, 0) is 61.9 Å². The molecule has 0 fully saturated rings. The van der Waals surface area contributed by atoms with E-state index in [0.717, 1.165) is 12.1 Å². The fraction of sp³-hybridized carbons (Fsp3) is 0.263. The van der Waals surface area contributed by atoms with Gasteiger partial charge in [0.15, 0.2) is 0 Å². The summed E-state index contributed by atoms with van der Waals surface area (Å²) in [6.45, 7) is 3.54. The molecular formula is C19H21F3N4O2. The van der Waals surface area contributed by atoms with Crippen LogP contribution in [-0.2, 0) is 12.7 Å². The van der Waals surface area contributed by atoms with Crippen molar-refractivity contribution in [3.05, 3.63) is 59.2 Å². The zero-order chi connectivity index (χ0) is 20.9. The number of urea groups is 1. The standard InChI is InChI=1S/C19H21F3N4O2/c1-11(2)24-18(28)26-15-5-3-13(4-6-15)17(27)25-16-8-12(10-23)7-14(9-16)19(20,21)22/h3-9,11H,10,23H2,1-2H3,(H,25,27)(H2,24,26,28). The molecule has 6 nitrogen and oxygen atoms in total. The van der Waals surface area contributed by atoms with Crippen LogP contribution < -0.4 is 21.7 Å². The van der Waals surface area contributed by atoms with Crippen LogP contribution in [0.4, 0.5) is 29.3 Å². The Morgan fingerprint density at radius 3 is 2.18 bits per heavy atom. The van der Waals surface area contributed by atoms with Crippen molar-refractivity contribution in [2.24, 2.45) is 5.73 Å². The summed E-state index contributed by atoms with van der Waals surface area (Å²) in [5.41, 5.74) is 5.50. The summed E-state index contributed by atoms with van der Waals surface area (Å²) in [4.78, 5) is 24.0. The van der Waals surface area contributed by atoms with E-state index >= 15 is 0 Å². The minimum atomic E-state index is -4.55. The third-order valence-electron chi connectivity index (χ3n) is 3.64. The Hall–Kier alpha value is -3.07. The maximum absolute atomic E-state index is 13.0. The number of carbonyl (C=O) groups excluding carboxylic acids is 2. The first-order valence-corrected chi connectivity index (χ1v) is 8.48. The third-order valence-corrected chi connectivity index (χ3v) is 3.64. The Balaban J connectivity index is 2.12. The molecule has 150 valence electrons. The van der Waals surface area contributed by atoms with Crippen molar-refractivity contribution < 1.29 is 22.8 Å². The number of alkyl halides is 3. The van der Waals surface area contributed by atoms with Gasteiger partial charge in [-0.25, -0.2) is 4.79 Å². The summed E-state index contributed by atoms with van der Waals surface area (Å²) in [6.07, 6.45) is -4.55. The number of carbonyl (C=O) groups is 2. The van der Waals surface area contributed by atoms with Crippen LogP contribution in [0.5, 0.6) is 0 Å². The van der Waals surface area contributed by atoms with Crippen molar-refractivity contribution in [2.75, 3.05) is 10.6 Å². The van der Waals surface area contributed by atoms with Gasteiger partial charge in [0.2, 0.25) is 0 Å². The lowest BCUT2D eigenvalue weighted by Crippen LogP contribution is -2.34. The van der Waals surface area contributed by atoms with Gasteiger partial charge in [0.25, 0.3) is 5.91 Å². The molecule has 2 rings (SSSR count). The molecule has 0 atom stereocenters. The molecule has 9 heteroatoms. The number of rotatable bonds is 5. The minimum Gasteiger partial charge on any atom is -0.336 e. The largest absolute Gasteiger partial charge is 0.416 e. The highest BCUT2D eigenvalue weighted by Crippen LogP contribution is 2.32. The predicted octanol–water partition coefficient (Wildman–Crippen LogP) is 3.95. The van der Waals surface area contributed by atoms with E-state index in [4.69, 9.17) is 5.73 Å². The molecule has 0 aliphatic heterocycles. The topological polar surface area (TPSA) is 96.2 Å². The lowest BCUT2D eigenvalue weighted by atomic mass is 10.1. The van der Waals surface area contributed by atoms with E-state index in [0.29, 0.717) is 5.69 Å². The first-order chi connectivity index (χ1) is 13.1.